The van der Waals surface area contributed by atoms with Crippen LogP contribution in [0, 0.1) is 5.82 Å². The van der Waals surface area contributed by atoms with Gasteiger partial charge in [0, 0.05) is 11.8 Å². The number of hydrogen-bond donors (Lipinski definition) is 1. The maximum Gasteiger partial charge on any atom is 0.165 e. The molecule has 21 heavy (non-hydrogen) atoms. The molecule has 1 rings (SSSR count). The third-order valence-electron chi connectivity index (χ3n) is 3.32. The highest BCUT2D eigenvalue weighted by Gasteiger charge is 2.09. The van der Waals surface area contributed by atoms with E-state index < -0.39 is 15.7 Å². The molecule has 0 heterocycles. The highest BCUT2D eigenvalue weighted by atomic mass is 32.2. The van der Waals surface area contributed by atoms with Crippen molar-refractivity contribution in [2.75, 3.05) is 18.1 Å². The molecule has 0 aliphatic carbocycles. The van der Waals surface area contributed by atoms with Gasteiger partial charge in [-0.3, -0.25) is 0 Å². The molecular weight excluding hydrogens is 293 g/mol. The molecule has 1 aromatic rings. The van der Waals surface area contributed by atoms with Crippen molar-refractivity contribution in [2.45, 2.75) is 39.2 Å². The van der Waals surface area contributed by atoms with Gasteiger partial charge in [-0.1, -0.05) is 19.9 Å². The zero-order valence-corrected chi connectivity index (χ0v) is 13.5. The van der Waals surface area contributed by atoms with Gasteiger partial charge in [-0.2, -0.15) is 0 Å². The monoisotopic (exact) mass is 317 g/mol. The van der Waals surface area contributed by atoms with Crippen molar-refractivity contribution >= 4 is 9.84 Å². The van der Waals surface area contributed by atoms with Crippen LogP contribution in [0.25, 0.3) is 0 Å². The van der Waals surface area contributed by atoms with E-state index in [1.165, 1.54) is 6.07 Å². The second-order valence-corrected chi connectivity index (χ2v) is 7.55. The molecule has 0 saturated carbocycles. The van der Waals surface area contributed by atoms with E-state index in [-0.39, 0.29) is 29.9 Å². The third-order valence-corrected chi connectivity index (χ3v) is 5.11. The first-order valence-electron chi connectivity index (χ1n) is 7.25. The molecule has 0 amide bonds. The predicted octanol–water partition coefficient (Wildman–Crippen LogP) is 2.31. The number of hydrogen-bond acceptors (Lipinski definition) is 4. The summed E-state index contributed by atoms with van der Waals surface area (Å²) in [5.41, 5.74) is 6.67. The van der Waals surface area contributed by atoms with Crippen LogP contribution >= 0.6 is 0 Å². The molecular formula is C15H24FNO3S. The standard InChI is InChI=1S/C15H24FNO3S/c1-3-13(17)10-12-6-7-15(14(16)11-12)20-8-5-9-21(18,19)4-2/h6-7,11,13H,3-5,8-10,17H2,1-2H3. The first kappa shape index (κ1) is 17.9. The van der Waals surface area contributed by atoms with E-state index >= 15 is 0 Å². The van der Waals surface area contributed by atoms with E-state index in [1.54, 1.807) is 19.1 Å². The number of benzene rings is 1. The summed E-state index contributed by atoms with van der Waals surface area (Å²) in [7, 11) is -2.99. The number of halogens is 1. The van der Waals surface area contributed by atoms with Gasteiger partial charge in [0.2, 0.25) is 0 Å². The second kappa shape index (κ2) is 8.34. The quantitative estimate of drug-likeness (QED) is 0.710. The van der Waals surface area contributed by atoms with E-state index in [9.17, 15) is 12.8 Å². The highest BCUT2D eigenvalue weighted by Crippen LogP contribution is 2.19. The molecule has 0 saturated heterocycles. The van der Waals surface area contributed by atoms with Gasteiger partial charge in [-0.25, -0.2) is 12.8 Å². The third kappa shape index (κ3) is 6.44. The van der Waals surface area contributed by atoms with Crippen LogP contribution in [-0.2, 0) is 16.3 Å². The van der Waals surface area contributed by atoms with Crippen LogP contribution in [0.3, 0.4) is 0 Å². The average Bonchev–Trinajstić information content (AvgIpc) is 2.45. The predicted molar refractivity (Wildman–Crippen MR) is 82.8 cm³/mol. The fourth-order valence-electron chi connectivity index (χ4n) is 1.84. The number of rotatable bonds is 9. The maximum atomic E-state index is 13.8. The minimum atomic E-state index is -2.99. The molecule has 0 fully saturated rings. The molecule has 2 N–H and O–H groups in total. The SMILES string of the molecule is CCC(N)Cc1ccc(OCCCS(=O)(=O)CC)c(F)c1. The molecule has 0 aliphatic heterocycles. The molecule has 1 aromatic carbocycles. The zero-order valence-electron chi connectivity index (χ0n) is 12.6. The van der Waals surface area contributed by atoms with Gasteiger partial charge in [0.15, 0.2) is 11.6 Å². The number of nitrogens with two attached hydrogens (primary N) is 1. The lowest BCUT2D eigenvalue weighted by atomic mass is 10.0. The van der Waals surface area contributed by atoms with E-state index in [1.807, 2.05) is 6.92 Å². The largest absolute Gasteiger partial charge is 0.490 e. The molecule has 0 bridgehead atoms. The fourth-order valence-corrected chi connectivity index (χ4v) is 2.69. The van der Waals surface area contributed by atoms with Gasteiger partial charge < -0.3 is 10.5 Å². The van der Waals surface area contributed by atoms with Crippen LogP contribution in [0.15, 0.2) is 18.2 Å². The first-order chi connectivity index (χ1) is 9.88. The maximum absolute atomic E-state index is 13.8. The summed E-state index contributed by atoms with van der Waals surface area (Å²) >= 11 is 0. The van der Waals surface area contributed by atoms with E-state index in [0.717, 1.165) is 12.0 Å². The molecule has 120 valence electrons. The van der Waals surface area contributed by atoms with E-state index in [4.69, 9.17) is 10.5 Å². The van der Waals surface area contributed by atoms with Crippen molar-refractivity contribution < 1.29 is 17.5 Å². The lowest BCUT2D eigenvalue weighted by molar-refractivity contribution is 0.301. The Bertz CT molecular complexity index is 546. The van der Waals surface area contributed by atoms with Crippen LogP contribution in [0.5, 0.6) is 5.75 Å². The Morgan fingerprint density at radius 3 is 2.62 bits per heavy atom. The van der Waals surface area contributed by atoms with Gasteiger partial charge in [-0.15, -0.1) is 0 Å². The summed E-state index contributed by atoms with van der Waals surface area (Å²) in [4.78, 5) is 0. The van der Waals surface area contributed by atoms with Crippen LogP contribution in [-0.4, -0.2) is 32.6 Å². The van der Waals surface area contributed by atoms with Crippen LogP contribution < -0.4 is 10.5 Å². The molecule has 1 atom stereocenters. The van der Waals surface area contributed by atoms with Crippen molar-refractivity contribution in [1.82, 2.24) is 0 Å². The Morgan fingerprint density at radius 1 is 1.33 bits per heavy atom. The Kier molecular flexibility index (Phi) is 7.11. The smallest absolute Gasteiger partial charge is 0.165 e. The van der Waals surface area contributed by atoms with Crippen molar-refractivity contribution in [3.05, 3.63) is 29.6 Å². The normalized spacial score (nSPS) is 13.1. The lowest BCUT2D eigenvalue weighted by Crippen LogP contribution is -2.21. The van der Waals surface area contributed by atoms with Crippen LogP contribution in [0.1, 0.15) is 32.3 Å². The summed E-state index contributed by atoms with van der Waals surface area (Å²) in [5, 5.41) is 0. The van der Waals surface area contributed by atoms with Gasteiger partial charge >= 0.3 is 0 Å². The number of ether oxygens (including phenoxy) is 1. The zero-order chi connectivity index (χ0) is 15.9. The summed E-state index contributed by atoms with van der Waals surface area (Å²) in [6.07, 6.45) is 1.83. The summed E-state index contributed by atoms with van der Waals surface area (Å²) in [6.45, 7) is 3.78. The van der Waals surface area contributed by atoms with Crippen molar-refractivity contribution in [1.29, 1.82) is 0 Å². The van der Waals surface area contributed by atoms with Crippen molar-refractivity contribution in [3.63, 3.8) is 0 Å². The first-order valence-corrected chi connectivity index (χ1v) is 9.07. The van der Waals surface area contributed by atoms with E-state index in [2.05, 4.69) is 0 Å². The Morgan fingerprint density at radius 2 is 2.05 bits per heavy atom. The Labute approximate surface area is 126 Å². The number of sulfone groups is 1. The second-order valence-electron chi connectivity index (χ2n) is 5.08. The van der Waals surface area contributed by atoms with Gasteiger partial charge in [0.05, 0.1) is 12.4 Å². The highest BCUT2D eigenvalue weighted by molar-refractivity contribution is 7.91. The van der Waals surface area contributed by atoms with Crippen molar-refractivity contribution in [3.8, 4) is 5.75 Å². The summed E-state index contributed by atoms with van der Waals surface area (Å²) < 4.78 is 41.8. The summed E-state index contributed by atoms with van der Waals surface area (Å²) in [5.74, 6) is -0.102. The Hall–Kier alpha value is -1.14. The average molecular weight is 317 g/mol. The van der Waals surface area contributed by atoms with Crippen molar-refractivity contribution in [2.24, 2.45) is 5.73 Å². The van der Waals surface area contributed by atoms with Crippen LogP contribution in [0.4, 0.5) is 4.39 Å². The molecule has 0 aliphatic rings. The van der Waals surface area contributed by atoms with E-state index in [0.29, 0.717) is 12.8 Å². The lowest BCUT2D eigenvalue weighted by Gasteiger charge is -2.11. The molecule has 6 heteroatoms. The Balaban J connectivity index is 2.50. The molecule has 0 spiro atoms. The minimum Gasteiger partial charge on any atom is -0.490 e. The van der Waals surface area contributed by atoms with Crippen LogP contribution in [0.2, 0.25) is 0 Å². The molecule has 1 unspecified atom stereocenters. The minimum absolute atomic E-state index is 0.0235. The fraction of sp³-hybridized carbons (Fsp3) is 0.600. The van der Waals surface area contributed by atoms with Gasteiger partial charge in [0.1, 0.15) is 9.84 Å². The topological polar surface area (TPSA) is 69.4 Å². The van der Waals surface area contributed by atoms with Gasteiger partial charge in [0.25, 0.3) is 0 Å². The van der Waals surface area contributed by atoms with Gasteiger partial charge in [-0.05, 0) is 37.0 Å². The molecule has 4 nitrogen and oxygen atoms in total. The summed E-state index contributed by atoms with van der Waals surface area (Å²) in [6, 6.07) is 4.81. The molecule has 0 aromatic heterocycles. The molecule has 0 radical (unpaired) electrons.